The molecule has 3 aliphatic rings. The van der Waals surface area contributed by atoms with E-state index in [1.54, 1.807) is 0 Å². The van der Waals surface area contributed by atoms with Gasteiger partial charge in [0.25, 0.3) is 0 Å². The number of carboxylic acids is 1. The molecular formula is C14H17NO2. The van der Waals surface area contributed by atoms with Crippen molar-refractivity contribution >= 4 is 11.7 Å². The van der Waals surface area contributed by atoms with E-state index in [9.17, 15) is 4.79 Å². The zero-order chi connectivity index (χ0) is 12.3. The molecule has 0 aromatic heterocycles. The highest BCUT2D eigenvalue weighted by atomic mass is 16.4. The summed E-state index contributed by atoms with van der Waals surface area (Å²) in [6.07, 6.45) is 2.49. The molecule has 0 atom stereocenters. The van der Waals surface area contributed by atoms with E-state index >= 15 is 0 Å². The van der Waals surface area contributed by atoms with Gasteiger partial charge in [-0.2, -0.15) is 0 Å². The highest BCUT2D eigenvalue weighted by Gasteiger charge is 2.72. The third kappa shape index (κ3) is 1.25. The van der Waals surface area contributed by atoms with Crippen LogP contribution in [0.4, 0.5) is 5.69 Å². The lowest BCUT2D eigenvalue weighted by Crippen LogP contribution is -2.67. The van der Waals surface area contributed by atoms with Gasteiger partial charge in [0.05, 0.1) is 5.41 Å². The molecule has 0 saturated heterocycles. The van der Waals surface area contributed by atoms with Crippen LogP contribution in [0, 0.1) is 5.41 Å². The molecule has 3 fully saturated rings. The van der Waals surface area contributed by atoms with Crippen molar-refractivity contribution in [3.63, 3.8) is 0 Å². The molecule has 1 N–H and O–H groups in total. The largest absolute Gasteiger partial charge is 0.481 e. The number of hydrogen-bond acceptors (Lipinski definition) is 2. The number of hydrogen-bond donors (Lipinski definition) is 1. The summed E-state index contributed by atoms with van der Waals surface area (Å²) < 4.78 is 0. The van der Waals surface area contributed by atoms with Crippen LogP contribution in [0.15, 0.2) is 24.3 Å². The number of nitrogens with zero attached hydrogens (tertiary/aromatic N) is 1. The molecule has 0 aliphatic heterocycles. The second-order valence-corrected chi connectivity index (χ2v) is 5.84. The third-order valence-electron chi connectivity index (χ3n) is 4.48. The van der Waals surface area contributed by atoms with Crippen molar-refractivity contribution in [2.45, 2.75) is 24.7 Å². The number of anilines is 1. The second-order valence-electron chi connectivity index (χ2n) is 5.84. The predicted octanol–water partition coefficient (Wildman–Crippen LogP) is 2.26. The minimum atomic E-state index is -0.607. The summed E-state index contributed by atoms with van der Waals surface area (Å²) in [6.45, 7) is 0. The minimum Gasteiger partial charge on any atom is -0.481 e. The van der Waals surface area contributed by atoms with Gasteiger partial charge in [-0.25, -0.2) is 0 Å². The highest BCUT2D eigenvalue weighted by molar-refractivity contribution is 5.81. The topological polar surface area (TPSA) is 40.5 Å². The Labute approximate surface area is 101 Å². The van der Waals surface area contributed by atoms with Crippen molar-refractivity contribution < 1.29 is 9.90 Å². The van der Waals surface area contributed by atoms with Gasteiger partial charge in [-0.05, 0) is 42.4 Å². The van der Waals surface area contributed by atoms with Crippen LogP contribution in [0.25, 0.3) is 0 Å². The predicted molar refractivity (Wildman–Crippen MR) is 66.4 cm³/mol. The molecule has 3 saturated carbocycles. The number of carbonyl (C=O) groups is 1. The Morgan fingerprint density at radius 1 is 1.18 bits per heavy atom. The van der Waals surface area contributed by atoms with E-state index in [1.807, 2.05) is 14.1 Å². The van der Waals surface area contributed by atoms with Crippen molar-refractivity contribution in [1.82, 2.24) is 0 Å². The summed E-state index contributed by atoms with van der Waals surface area (Å²) in [5, 5.41) is 9.10. The van der Waals surface area contributed by atoms with Crippen LogP contribution < -0.4 is 4.90 Å². The van der Waals surface area contributed by atoms with E-state index < -0.39 is 5.97 Å². The first-order valence-corrected chi connectivity index (χ1v) is 5.99. The number of benzene rings is 1. The summed E-state index contributed by atoms with van der Waals surface area (Å²) in [7, 11) is 4.05. The normalized spacial score (nSPS) is 33.5. The van der Waals surface area contributed by atoms with Gasteiger partial charge in [-0.1, -0.05) is 12.1 Å². The van der Waals surface area contributed by atoms with Crippen molar-refractivity contribution in [3.8, 4) is 0 Å². The fourth-order valence-electron chi connectivity index (χ4n) is 3.43. The second kappa shape index (κ2) is 3.03. The van der Waals surface area contributed by atoms with Gasteiger partial charge in [-0.3, -0.25) is 4.79 Å². The van der Waals surface area contributed by atoms with Crippen LogP contribution in [0.5, 0.6) is 0 Å². The molecule has 17 heavy (non-hydrogen) atoms. The van der Waals surface area contributed by atoms with Crippen LogP contribution in [0.3, 0.4) is 0 Å². The Morgan fingerprint density at radius 2 is 1.71 bits per heavy atom. The third-order valence-corrected chi connectivity index (χ3v) is 4.48. The zero-order valence-corrected chi connectivity index (χ0v) is 10.2. The first-order chi connectivity index (χ1) is 7.97. The molecule has 90 valence electrons. The van der Waals surface area contributed by atoms with Gasteiger partial charge >= 0.3 is 5.97 Å². The lowest BCUT2D eigenvalue weighted by Gasteiger charge is -2.68. The van der Waals surface area contributed by atoms with Crippen LogP contribution in [-0.2, 0) is 10.2 Å². The lowest BCUT2D eigenvalue weighted by molar-refractivity contribution is -0.194. The van der Waals surface area contributed by atoms with Crippen molar-refractivity contribution in [2.24, 2.45) is 5.41 Å². The van der Waals surface area contributed by atoms with Crippen LogP contribution >= 0.6 is 0 Å². The molecule has 0 amide bonds. The van der Waals surface area contributed by atoms with Crippen LogP contribution in [0.1, 0.15) is 24.8 Å². The van der Waals surface area contributed by atoms with Crippen LogP contribution in [-0.4, -0.2) is 25.2 Å². The Balaban J connectivity index is 1.78. The van der Waals surface area contributed by atoms with Gasteiger partial charge < -0.3 is 10.0 Å². The Morgan fingerprint density at radius 3 is 2.12 bits per heavy atom. The van der Waals surface area contributed by atoms with E-state index in [0.29, 0.717) is 0 Å². The van der Waals surface area contributed by atoms with Gasteiger partial charge in [0, 0.05) is 19.8 Å². The van der Waals surface area contributed by atoms with Gasteiger partial charge in [0.2, 0.25) is 0 Å². The van der Waals surface area contributed by atoms with E-state index in [0.717, 1.165) is 19.3 Å². The highest BCUT2D eigenvalue weighted by Crippen LogP contribution is 2.73. The molecule has 4 rings (SSSR count). The summed E-state index contributed by atoms with van der Waals surface area (Å²) >= 11 is 0. The average molecular weight is 231 g/mol. The molecule has 0 spiro atoms. The Bertz CT molecular complexity index is 456. The van der Waals surface area contributed by atoms with E-state index in [2.05, 4.69) is 29.2 Å². The molecular weight excluding hydrogens is 214 g/mol. The maximum Gasteiger partial charge on any atom is 0.309 e. The van der Waals surface area contributed by atoms with Crippen molar-refractivity contribution in [1.29, 1.82) is 0 Å². The zero-order valence-electron chi connectivity index (χ0n) is 10.2. The SMILES string of the molecule is CN(C)c1ccc(C23CC(C(=O)O)(C2)C3)cc1. The standard InChI is InChI=1S/C14H17NO2/c1-15(2)11-5-3-10(4-6-11)13-7-14(8-13,9-13)12(16)17/h3-6H,7-9H2,1-2H3,(H,16,17). The van der Waals surface area contributed by atoms with Gasteiger partial charge in [0.1, 0.15) is 0 Å². The smallest absolute Gasteiger partial charge is 0.309 e. The van der Waals surface area contributed by atoms with E-state index in [4.69, 9.17) is 5.11 Å². The summed E-state index contributed by atoms with van der Waals surface area (Å²) in [6, 6.07) is 8.53. The lowest BCUT2D eigenvalue weighted by atomic mass is 9.33. The maximum absolute atomic E-state index is 11.1. The summed E-state index contributed by atoms with van der Waals surface area (Å²) in [4.78, 5) is 13.1. The number of aliphatic carboxylic acids is 1. The average Bonchev–Trinajstić information content (AvgIpc) is 2.13. The molecule has 0 unspecified atom stereocenters. The molecule has 3 aliphatic carbocycles. The monoisotopic (exact) mass is 231 g/mol. The number of rotatable bonds is 3. The molecule has 3 nitrogen and oxygen atoms in total. The fraction of sp³-hybridized carbons (Fsp3) is 0.500. The quantitative estimate of drug-likeness (QED) is 0.867. The first kappa shape index (κ1) is 10.6. The number of carboxylic acid groups (broad SMARTS) is 1. The van der Waals surface area contributed by atoms with Crippen molar-refractivity contribution in [3.05, 3.63) is 29.8 Å². The van der Waals surface area contributed by atoms with Gasteiger partial charge in [-0.15, -0.1) is 0 Å². The molecule has 0 heterocycles. The first-order valence-electron chi connectivity index (χ1n) is 5.99. The molecule has 1 aromatic carbocycles. The van der Waals surface area contributed by atoms with E-state index in [-0.39, 0.29) is 10.8 Å². The van der Waals surface area contributed by atoms with Crippen LogP contribution in [0.2, 0.25) is 0 Å². The van der Waals surface area contributed by atoms with E-state index in [1.165, 1.54) is 11.3 Å². The fourth-order valence-corrected chi connectivity index (χ4v) is 3.43. The Kier molecular flexibility index (Phi) is 1.90. The van der Waals surface area contributed by atoms with Crippen molar-refractivity contribution in [2.75, 3.05) is 19.0 Å². The summed E-state index contributed by atoms with van der Waals surface area (Å²) in [5.41, 5.74) is 2.31. The molecule has 3 heteroatoms. The summed E-state index contributed by atoms with van der Waals surface area (Å²) in [5.74, 6) is -0.607. The minimum absolute atomic E-state index is 0.184. The maximum atomic E-state index is 11.1. The molecule has 1 aromatic rings. The van der Waals surface area contributed by atoms with Gasteiger partial charge in [0.15, 0.2) is 0 Å². The molecule has 0 radical (unpaired) electrons. The molecule has 2 bridgehead atoms. The Hall–Kier alpha value is -1.51.